The molecule has 1 heterocycles. The number of H-pyrrole nitrogens is 1. The number of aromatic nitrogens is 2. The molecule has 0 aliphatic rings. The highest BCUT2D eigenvalue weighted by molar-refractivity contribution is 7.92. The monoisotopic (exact) mass is 328 g/mol. The second kappa shape index (κ2) is 5.74. The van der Waals surface area contributed by atoms with E-state index in [2.05, 4.69) is 14.7 Å². The molecule has 0 aliphatic heterocycles. The summed E-state index contributed by atoms with van der Waals surface area (Å²) in [6, 6.07) is 4.07. The van der Waals surface area contributed by atoms with Crippen molar-refractivity contribution >= 4 is 33.2 Å². The molecular weight excluding hydrogens is 316 g/mol. The van der Waals surface area contributed by atoms with E-state index in [0.717, 1.165) is 0 Å². The van der Waals surface area contributed by atoms with Gasteiger partial charge >= 0.3 is 0 Å². The minimum atomic E-state index is -3.80. The predicted octanol–water partition coefficient (Wildman–Crippen LogP) is 1.53. The number of benzene rings is 1. The van der Waals surface area contributed by atoms with Gasteiger partial charge in [-0.3, -0.25) is 9.52 Å². The molecule has 2 aromatic rings. The first-order valence-electron chi connectivity index (χ1n) is 5.99. The Hall–Kier alpha value is -2.06. The highest BCUT2D eigenvalue weighted by Crippen LogP contribution is 2.22. The van der Waals surface area contributed by atoms with E-state index in [0.29, 0.717) is 12.2 Å². The number of carbonyl (C=O) groups excluding carboxylic acids is 1. The summed E-state index contributed by atoms with van der Waals surface area (Å²) in [5, 5.41) is 0.0241. The lowest BCUT2D eigenvalue weighted by Gasteiger charge is -2.08. The quantitative estimate of drug-likeness (QED) is 0.771. The molecule has 1 aromatic heterocycles. The second-order valence-electron chi connectivity index (χ2n) is 4.21. The molecule has 0 saturated carbocycles. The van der Waals surface area contributed by atoms with E-state index in [1.807, 2.05) is 6.92 Å². The number of hydrogen-bond donors (Lipinski definition) is 3. The fourth-order valence-corrected chi connectivity index (χ4v) is 2.91. The highest BCUT2D eigenvalue weighted by atomic mass is 35.5. The molecule has 0 radical (unpaired) electrons. The fraction of sp³-hybridized carbons (Fsp3) is 0.167. The number of hydrogen-bond acceptors (Lipinski definition) is 4. The molecule has 21 heavy (non-hydrogen) atoms. The van der Waals surface area contributed by atoms with Crippen molar-refractivity contribution in [3.63, 3.8) is 0 Å². The lowest BCUT2D eigenvalue weighted by Crippen LogP contribution is -2.15. The minimum absolute atomic E-state index is 0.0468. The van der Waals surface area contributed by atoms with Crippen molar-refractivity contribution in [1.29, 1.82) is 0 Å². The van der Waals surface area contributed by atoms with Crippen LogP contribution in [0, 0.1) is 0 Å². The van der Waals surface area contributed by atoms with Crippen LogP contribution >= 0.6 is 11.6 Å². The fourth-order valence-electron chi connectivity index (χ4n) is 1.65. The van der Waals surface area contributed by atoms with Gasteiger partial charge in [-0.1, -0.05) is 18.5 Å². The first-order chi connectivity index (χ1) is 9.83. The third-order valence-electron chi connectivity index (χ3n) is 2.72. The molecule has 4 N–H and O–H groups in total. The summed E-state index contributed by atoms with van der Waals surface area (Å²) in [7, 11) is -3.80. The average molecular weight is 329 g/mol. The molecule has 0 atom stereocenters. The van der Waals surface area contributed by atoms with E-state index in [1.54, 1.807) is 0 Å². The first kappa shape index (κ1) is 15.3. The zero-order valence-corrected chi connectivity index (χ0v) is 12.6. The largest absolute Gasteiger partial charge is 0.366 e. The van der Waals surface area contributed by atoms with Crippen LogP contribution in [-0.2, 0) is 16.4 Å². The maximum atomic E-state index is 12.1. The molecular formula is C12H13ClN4O3S. The van der Waals surface area contributed by atoms with Crippen molar-refractivity contribution in [3.8, 4) is 0 Å². The van der Waals surface area contributed by atoms with Gasteiger partial charge in [0.25, 0.3) is 10.0 Å². The molecule has 0 unspecified atom stereocenters. The van der Waals surface area contributed by atoms with Crippen LogP contribution in [0.5, 0.6) is 0 Å². The van der Waals surface area contributed by atoms with Gasteiger partial charge < -0.3 is 10.7 Å². The zero-order valence-electron chi connectivity index (χ0n) is 11.1. The number of aromatic amines is 1. The van der Waals surface area contributed by atoms with Gasteiger partial charge in [-0.2, -0.15) is 8.42 Å². The van der Waals surface area contributed by atoms with Gasteiger partial charge in [-0.25, -0.2) is 4.98 Å². The number of carbonyl (C=O) groups is 1. The van der Waals surface area contributed by atoms with Crippen molar-refractivity contribution < 1.29 is 13.2 Å². The van der Waals surface area contributed by atoms with Crippen LogP contribution in [0.15, 0.2) is 29.4 Å². The normalized spacial score (nSPS) is 11.3. The molecule has 1 aromatic carbocycles. The molecule has 9 heteroatoms. The van der Waals surface area contributed by atoms with Gasteiger partial charge in [-0.05, 0) is 18.2 Å². The van der Waals surface area contributed by atoms with E-state index in [-0.39, 0.29) is 21.3 Å². The molecule has 0 spiro atoms. The number of primary amides is 1. The van der Waals surface area contributed by atoms with E-state index >= 15 is 0 Å². The number of nitrogens with two attached hydrogens (primary N) is 1. The number of nitrogens with zero attached hydrogens (tertiary/aromatic N) is 1. The molecule has 0 fully saturated rings. The molecule has 0 aliphatic carbocycles. The number of sulfonamides is 1. The molecule has 112 valence electrons. The SMILES string of the molecule is CCc1ncc(S(=O)(=O)Nc2ccc(C(N)=O)c(Cl)c2)[nH]1. The number of nitrogens with one attached hydrogen (secondary N) is 2. The van der Waals surface area contributed by atoms with Crippen LogP contribution in [0.1, 0.15) is 23.1 Å². The zero-order chi connectivity index (χ0) is 15.6. The van der Waals surface area contributed by atoms with Crippen LogP contribution < -0.4 is 10.5 Å². The Kier molecular flexibility index (Phi) is 4.19. The molecule has 1 amide bonds. The van der Waals surface area contributed by atoms with Crippen molar-refractivity contribution in [2.24, 2.45) is 5.73 Å². The Morgan fingerprint density at radius 2 is 2.19 bits per heavy atom. The Morgan fingerprint density at radius 3 is 2.71 bits per heavy atom. The van der Waals surface area contributed by atoms with Gasteiger partial charge in [0.2, 0.25) is 5.91 Å². The van der Waals surface area contributed by atoms with Gasteiger partial charge in [0, 0.05) is 6.42 Å². The minimum Gasteiger partial charge on any atom is -0.366 e. The van der Waals surface area contributed by atoms with E-state index in [4.69, 9.17) is 17.3 Å². The number of imidazole rings is 1. The number of halogens is 1. The third-order valence-corrected chi connectivity index (χ3v) is 4.32. The third kappa shape index (κ3) is 3.34. The number of aryl methyl sites for hydroxylation is 1. The summed E-state index contributed by atoms with van der Waals surface area (Å²) in [5.41, 5.74) is 5.47. The summed E-state index contributed by atoms with van der Waals surface area (Å²) >= 11 is 5.87. The summed E-state index contributed by atoms with van der Waals surface area (Å²) < 4.78 is 26.6. The van der Waals surface area contributed by atoms with E-state index in [1.165, 1.54) is 24.4 Å². The second-order valence-corrected chi connectivity index (χ2v) is 6.27. The van der Waals surface area contributed by atoms with Gasteiger partial charge in [0.05, 0.1) is 22.5 Å². The topological polar surface area (TPSA) is 118 Å². The van der Waals surface area contributed by atoms with Crippen LogP contribution in [0.25, 0.3) is 0 Å². The summed E-state index contributed by atoms with van der Waals surface area (Å²) in [6.07, 6.45) is 1.83. The molecule has 0 bridgehead atoms. The maximum absolute atomic E-state index is 12.1. The predicted molar refractivity (Wildman–Crippen MR) is 78.7 cm³/mol. The Labute approximate surface area is 126 Å². The Morgan fingerprint density at radius 1 is 1.48 bits per heavy atom. The lowest BCUT2D eigenvalue weighted by molar-refractivity contribution is 0.100. The van der Waals surface area contributed by atoms with Crippen molar-refractivity contribution in [1.82, 2.24) is 9.97 Å². The molecule has 2 rings (SSSR count). The summed E-state index contributed by atoms with van der Waals surface area (Å²) in [4.78, 5) is 17.7. The first-order valence-corrected chi connectivity index (χ1v) is 7.85. The van der Waals surface area contributed by atoms with Crippen molar-refractivity contribution in [2.45, 2.75) is 18.4 Å². The Bertz CT molecular complexity index is 786. The standard InChI is InChI=1S/C12H13ClN4O3S/c1-2-10-15-6-11(16-10)21(19,20)17-7-3-4-8(12(14)18)9(13)5-7/h3-6,17H,2H2,1H3,(H2,14,18)(H,15,16). The summed E-state index contributed by atoms with van der Waals surface area (Å²) in [6.45, 7) is 1.85. The number of anilines is 1. The Balaban J connectivity index is 2.28. The van der Waals surface area contributed by atoms with E-state index < -0.39 is 15.9 Å². The smallest absolute Gasteiger partial charge is 0.278 e. The van der Waals surface area contributed by atoms with Crippen LogP contribution in [-0.4, -0.2) is 24.3 Å². The van der Waals surface area contributed by atoms with Gasteiger partial charge in [0.15, 0.2) is 5.03 Å². The number of amides is 1. The van der Waals surface area contributed by atoms with Gasteiger partial charge in [-0.15, -0.1) is 0 Å². The number of rotatable bonds is 5. The molecule has 0 saturated heterocycles. The molecule has 7 nitrogen and oxygen atoms in total. The van der Waals surface area contributed by atoms with Crippen LogP contribution in [0.4, 0.5) is 5.69 Å². The summed E-state index contributed by atoms with van der Waals surface area (Å²) in [5.74, 6) is -0.118. The van der Waals surface area contributed by atoms with Gasteiger partial charge in [0.1, 0.15) is 5.82 Å². The van der Waals surface area contributed by atoms with Crippen LogP contribution in [0.2, 0.25) is 5.02 Å². The highest BCUT2D eigenvalue weighted by Gasteiger charge is 2.18. The van der Waals surface area contributed by atoms with Crippen molar-refractivity contribution in [3.05, 3.63) is 40.8 Å². The maximum Gasteiger partial charge on any atom is 0.278 e. The van der Waals surface area contributed by atoms with E-state index in [9.17, 15) is 13.2 Å². The van der Waals surface area contributed by atoms with Crippen LogP contribution in [0.3, 0.4) is 0 Å². The average Bonchev–Trinajstić information content (AvgIpc) is 2.87. The van der Waals surface area contributed by atoms with Crippen molar-refractivity contribution in [2.75, 3.05) is 4.72 Å². The lowest BCUT2D eigenvalue weighted by atomic mass is 10.2.